The van der Waals surface area contributed by atoms with Gasteiger partial charge in [0.25, 0.3) is 0 Å². The van der Waals surface area contributed by atoms with Crippen LogP contribution < -0.4 is 0 Å². The molecule has 1 aromatic carbocycles. The Kier molecular flexibility index (Phi) is 3.64. The number of nitrogens with zero attached hydrogens (tertiary/aromatic N) is 1. The third-order valence-corrected chi connectivity index (χ3v) is 3.66. The largest absolute Gasteiger partial charge is 0.264 e. The molecule has 0 saturated carbocycles. The molecule has 17 heavy (non-hydrogen) atoms. The molecule has 0 radical (unpaired) electrons. The Morgan fingerprint density at radius 3 is 2.82 bits per heavy atom. The monoisotopic (exact) mass is 249 g/mol. The maximum absolute atomic E-state index is 13.0. The third kappa shape index (κ3) is 3.20. The smallest absolute Gasteiger partial charge is 0.124 e. The Labute approximate surface area is 102 Å². The molecule has 0 aliphatic carbocycles. The molecular weight excluding hydrogens is 237 g/mol. The maximum Gasteiger partial charge on any atom is 0.124 e. The number of aromatic nitrogens is 1. The Morgan fingerprint density at radius 1 is 1.29 bits per heavy atom. The van der Waals surface area contributed by atoms with Crippen LogP contribution in [0.5, 0.6) is 0 Å². The van der Waals surface area contributed by atoms with Gasteiger partial charge in [0.1, 0.15) is 5.82 Å². The number of hydrogen-bond acceptors (Lipinski definition) is 2. The molecule has 0 saturated heterocycles. The van der Waals surface area contributed by atoms with Crippen molar-refractivity contribution in [3.8, 4) is 0 Å². The van der Waals surface area contributed by atoms with E-state index in [4.69, 9.17) is 0 Å². The van der Waals surface area contributed by atoms with Crippen molar-refractivity contribution in [2.45, 2.75) is 17.6 Å². The minimum Gasteiger partial charge on any atom is -0.264 e. The van der Waals surface area contributed by atoms with E-state index >= 15 is 0 Å². The average Bonchev–Trinajstić information content (AvgIpc) is 2.29. The lowest BCUT2D eigenvalue weighted by Crippen LogP contribution is -1.98. The Balaban J connectivity index is 2.17. The topological polar surface area (TPSA) is 30.0 Å². The Morgan fingerprint density at radius 2 is 2.12 bits per heavy atom. The van der Waals surface area contributed by atoms with E-state index in [2.05, 4.69) is 4.98 Å². The highest BCUT2D eigenvalue weighted by atomic mass is 32.2. The van der Waals surface area contributed by atoms with Gasteiger partial charge in [-0.15, -0.1) is 0 Å². The van der Waals surface area contributed by atoms with E-state index < -0.39 is 10.8 Å². The van der Waals surface area contributed by atoms with E-state index in [0.717, 1.165) is 11.1 Å². The molecule has 1 aromatic heterocycles. The Bertz CT molecular complexity index is 557. The van der Waals surface area contributed by atoms with Crippen LogP contribution in [0.4, 0.5) is 4.39 Å². The summed E-state index contributed by atoms with van der Waals surface area (Å²) in [4.78, 5) is 4.55. The lowest BCUT2D eigenvalue weighted by molar-refractivity contribution is 0.622. The van der Waals surface area contributed by atoms with Crippen LogP contribution in [0.1, 0.15) is 11.1 Å². The van der Waals surface area contributed by atoms with Crippen molar-refractivity contribution in [2.75, 3.05) is 0 Å². The number of halogens is 1. The summed E-state index contributed by atoms with van der Waals surface area (Å²) in [5.41, 5.74) is 1.92. The summed E-state index contributed by atoms with van der Waals surface area (Å²) in [6, 6.07) is 7.82. The van der Waals surface area contributed by atoms with E-state index in [1.807, 2.05) is 13.0 Å². The van der Waals surface area contributed by atoms with E-state index in [-0.39, 0.29) is 5.82 Å². The molecule has 0 aliphatic heterocycles. The molecule has 0 spiro atoms. The van der Waals surface area contributed by atoms with Crippen molar-refractivity contribution in [1.29, 1.82) is 0 Å². The highest BCUT2D eigenvalue weighted by Crippen LogP contribution is 2.13. The van der Waals surface area contributed by atoms with E-state index in [9.17, 15) is 8.60 Å². The molecule has 0 N–H and O–H groups in total. The molecule has 1 heterocycles. The molecule has 4 heteroatoms. The molecule has 0 fully saturated rings. The van der Waals surface area contributed by atoms with Gasteiger partial charge in [0.2, 0.25) is 0 Å². The van der Waals surface area contributed by atoms with Crippen molar-refractivity contribution < 1.29 is 8.60 Å². The minimum absolute atomic E-state index is 0.359. The van der Waals surface area contributed by atoms with E-state index in [1.54, 1.807) is 24.5 Å². The summed E-state index contributed by atoms with van der Waals surface area (Å²) in [5.74, 6) is -0.00350. The maximum atomic E-state index is 13.0. The molecule has 1 unspecified atom stereocenters. The number of rotatable bonds is 3. The van der Waals surface area contributed by atoms with Crippen molar-refractivity contribution in [2.24, 2.45) is 0 Å². The van der Waals surface area contributed by atoms with Crippen LogP contribution in [0.2, 0.25) is 0 Å². The zero-order valence-corrected chi connectivity index (χ0v) is 10.2. The number of pyridine rings is 1. The average molecular weight is 249 g/mol. The number of aryl methyl sites for hydroxylation is 1. The molecular formula is C13H12FNOS. The second kappa shape index (κ2) is 5.19. The first kappa shape index (κ1) is 11.9. The first-order chi connectivity index (χ1) is 8.15. The van der Waals surface area contributed by atoms with Crippen molar-refractivity contribution in [3.63, 3.8) is 0 Å². The normalized spacial score (nSPS) is 12.4. The van der Waals surface area contributed by atoms with Crippen LogP contribution in [0, 0.1) is 12.7 Å². The summed E-state index contributed by atoms with van der Waals surface area (Å²) >= 11 is 0. The Hall–Kier alpha value is -1.55. The van der Waals surface area contributed by atoms with Gasteiger partial charge in [-0.3, -0.25) is 9.19 Å². The molecule has 0 amide bonds. The van der Waals surface area contributed by atoms with Crippen LogP contribution >= 0.6 is 0 Å². The van der Waals surface area contributed by atoms with Gasteiger partial charge >= 0.3 is 0 Å². The summed E-state index contributed by atoms with van der Waals surface area (Å²) in [5, 5.41) is 0. The van der Waals surface area contributed by atoms with Gasteiger partial charge in [0, 0.05) is 17.3 Å². The first-order valence-electron chi connectivity index (χ1n) is 5.19. The summed E-state index contributed by atoms with van der Waals surface area (Å²) in [6.07, 6.45) is 3.43. The van der Waals surface area contributed by atoms with Crippen molar-refractivity contribution in [1.82, 2.24) is 4.98 Å². The molecule has 0 aliphatic rings. The van der Waals surface area contributed by atoms with Crippen molar-refractivity contribution in [3.05, 3.63) is 59.7 Å². The first-order valence-corrected chi connectivity index (χ1v) is 6.51. The summed E-state index contributed by atoms with van der Waals surface area (Å²) in [7, 11) is -1.23. The third-order valence-electron chi connectivity index (χ3n) is 2.29. The summed E-state index contributed by atoms with van der Waals surface area (Å²) in [6.45, 7) is 1.93. The predicted molar refractivity (Wildman–Crippen MR) is 65.5 cm³/mol. The SMILES string of the molecule is Cc1cncc(CS(=O)c2cccc(F)c2)c1. The molecule has 1 atom stereocenters. The van der Waals surface area contributed by atoms with Crippen LogP contribution in [0.25, 0.3) is 0 Å². The second-order valence-electron chi connectivity index (χ2n) is 3.82. The zero-order valence-electron chi connectivity index (χ0n) is 9.39. The van der Waals surface area contributed by atoms with Gasteiger partial charge in [-0.05, 0) is 36.2 Å². The second-order valence-corrected chi connectivity index (χ2v) is 5.27. The molecule has 0 bridgehead atoms. The fourth-order valence-electron chi connectivity index (χ4n) is 1.54. The van der Waals surface area contributed by atoms with Gasteiger partial charge in [-0.2, -0.15) is 0 Å². The molecule has 88 valence electrons. The van der Waals surface area contributed by atoms with Crippen LogP contribution in [-0.4, -0.2) is 9.19 Å². The summed E-state index contributed by atoms with van der Waals surface area (Å²) < 4.78 is 25.0. The minimum atomic E-state index is -1.23. The van der Waals surface area contributed by atoms with Gasteiger partial charge in [-0.1, -0.05) is 12.1 Å². The van der Waals surface area contributed by atoms with Crippen LogP contribution in [0.15, 0.2) is 47.6 Å². The lowest BCUT2D eigenvalue weighted by atomic mass is 10.2. The quantitative estimate of drug-likeness (QED) is 0.837. The van der Waals surface area contributed by atoms with Gasteiger partial charge < -0.3 is 0 Å². The van der Waals surface area contributed by atoms with Gasteiger partial charge in [0.15, 0.2) is 0 Å². The highest BCUT2D eigenvalue weighted by molar-refractivity contribution is 7.84. The lowest BCUT2D eigenvalue weighted by Gasteiger charge is -2.03. The highest BCUT2D eigenvalue weighted by Gasteiger charge is 2.06. The van der Waals surface area contributed by atoms with E-state index in [1.165, 1.54) is 12.1 Å². The van der Waals surface area contributed by atoms with Crippen LogP contribution in [0.3, 0.4) is 0 Å². The number of benzene rings is 1. The fourth-order valence-corrected chi connectivity index (χ4v) is 2.64. The molecule has 2 nitrogen and oxygen atoms in total. The molecule has 2 rings (SSSR count). The van der Waals surface area contributed by atoms with Gasteiger partial charge in [-0.25, -0.2) is 4.39 Å². The van der Waals surface area contributed by atoms with E-state index in [0.29, 0.717) is 10.6 Å². The van der Waals surface area contributed by atoms with Crippen molar-refractivity contribution >= 4 is 10.8 Å². The zero-order chi connectivity index (χ0) is 12.3. The standard InChI is InChI=1S/C13H12FNOS/c1-10-5-11(8-15-7-10)9-17(16)13-4-2-3-12(14)6-13/h2-8H,9H2,1H3. The number of hydrogen-bond donors (Lipinski definition) is 0. The fraction of sp³-hybridized carbons (Fsp3) is 0.154. The van der Waals surface area contributed by atoms with Crippen LogP contribution in [-0.2, 0) is 16.6 Å². The predicted octanol–water partition coefficient (Wildman–Crippen LogP) is 2.84. The molecule has 2 aromatic rings. The van der Waals surface area contributed by atoms with Gasteiger partial charge in [0.05, 0.1) is 16.6 Å².